The second-order valence-corrected chi connectivity index (χ2v) is 19.6. The molecular formula is C56H94O9. The molecule has 9 heteroatoms. The van der Waals surface area contributed by atoms with Gasteiger partial charge < -0.3 is 38.3 Å². The average Bonchev–Trinajstić information content (AvgIpc) is 3.31. The first-order chi connectivity index (χ1) is 31.7. The molecule has 1 aliphatic heterocycles. The predicted molar refractivity (Wildman–Crippen MR) is 264 cm³/mol. The Bertz CT molecular complexity index is 1390. The third kappa shape index (κ3) is 26.7. The largest absolute Gasteiger partial charge is 0.462 e. The summed E-state index contributed by atoms with van der Waals surface area (Å²) in [7, 11) is 0. The summed E-state index contributed by atoms with van der Waals surface area (Å²) in [6.45, 7) is 12.2. The monoisotopic (exact) mass is 911 g/mol. The van der Waals surface area contributed by atoms with Gasteiger partial charge in [0.25, 0.3) is 0 Å². The van der Waals surface area contributed by atoms with Crippen molar-refractivity contribution in [3.63, 3.8) is 0 Å². The fraction of sp³-hybridized carbons (Fsp3) is 0.768. The van der Waals surface area contributed by atoms with E-state index in [9.17, 15) is 9.90 Å². The zero-order chi connectivity index (χ0) is 46.6. The van der Waals surface area contributed by atoms with Gasteiger partial charge in [-0.2, -0.15) is 0 Å². The van der Waals surface area contributed by atoms with E-state index in [1.54, 1.807) is 0 Å². The van der Waals surface area contributed by atoms with Crippen LogP contribution in [0.4, 0.5) is 0 Å². The fourth-order valence-electron chi connectivity index (χ4n) is 8.25. The van der Waals surface area contributed by atoms with Crippen LogP contribution in [0.3, 0.4) is 0 Å². The Kier molecular flexibility index (Phi) is 32.1. The van der Waals surface area contributed by atoms with E-state index in [1.165, 1.54) is 135 Å². The summed E-state index contributed by atoms with van der Waals surface area (Å²) in [6, 6.07) is 19.6. The Morgan fingerprint density at radius 3 is 1.46 bits per heavy atom. The number of benzene rings is 2. The Labute approximate surface area is 396 Å². The van der Waals surface area contributed by atoms with Crippen molar-refractivity contribution in [2.75, 3.05) is 33.0 Å². The van der Waals surface area contributed by atoms with Crippen LogP contribution in [0.25, 0.3) is 0 Å². The summed E-state index contributed by atoms with van der Waals surface area (Å²) >= 11 is 0. The molecule has 1 saturated heterocycles. The number of aliphatic hydroxyl groups excluding tert-OH is 1. The lowest BCUT2D eigenvalue weighted by atomic mass is 9.96. The molecule has 372 valence electrons. The molecule has 0 aliphatic carbocycles. The van der Waals surface area contributed by atoms with E-state index >= 15 is 0 Å². The molecule has 0 bridgehead atoms. The van der Waals surface area contributed by atoms with Crippen LogP contribution in [0, 0.1) is 5.41 Å². The van der Waals surface area contributed by atoms with E-state index in [1.807, 2.05) is 81.4 Å². The summed E-state index contributed by atoms with van der Waals surface area (Å²) in [4.78, 5) is 13.0. The molecule has 6 atom stereocenters. The number of carbonyl (C=O) groups is 1. The number of rotatable bonds is 40. The van der Waals surface area contributed by atoms with E-state index in [2.05, 4.69) is 13.8 Å². The number of ether oxygens (including phenoxy) is 7. The summed E-state index contributed by atoms with van der Waals surface area (Å²) in [5, 5.41) is 12.1. The third-order valence-electron chi connectivity index (χ3n) is 12.4. The van der Waals surface area contributed by atoms with E-state index in [4.69, 9.17) is 33.2 Å². The van der Waals surface area contributed by atoms with Gasteiger partial charge in [0.2, 0.25) is 0 Å². The van der Waals surface area contributed by atoms with Gasteiger partial charge in [0.05, 0.1) is 31.8 Å². The second-order valence-electron chi connectivity index (χ2n) is 19.6. The standard InChI is InChI=1S/C56H94O9/c1-6-8-10-12-14-16-18-20-22-24-26-34-40-59-44-49(60-41-35-27-25-23-21-19-17-15-13-11-9-7-2)45-63-54-53(62-43-48-38-32-29-33-39-48)51(57)52(61-42-47-36-30-28-31-37-47)50(65-54)46-64-55(58)56(3,4)5/h28-33,36-39,49-54,57H,6-27,34-35,40-46H2,1-5H3/t49-,50+,51-,52-,53+,54+/m0/s1. The molecule has 65 heavy (non-hydrogen) atoms. The highest BCUT2D eigenvalue weighted by Crippen LogP contribution is 2.30. The molecule has 0 amide bonds. The molecule has 0 aromatic heterocycles. The Morgan fingerprint density at radius 1 is 0.569 bits per heavy atom. The van der Waals surface area contributed by atoms with Gasteiger partial charge in [-0.25, -0.2) is 0 Å². The number of aliphatic hydroxyl groups is 1. The first kappa shape index (κ1) is 57.0. The highest BCUT2D eigenvalue weighted by Gasteiger charge is 2.48. The van der Waals surface area contributed by atoms with Crippen molar-refractivity contribution in [1.29, 1.82) is 0 Å². The van der Waals surface area contributed by atoms with Gasteiger partial charge in [-0.15, -0.1) is 0 Å². The molecule has 0 saturated carbocycles. The van der Waals surface area contributed by atoms with Crippen LogP contribution in [-0.2, 0) is 51.2 Å². The molecule has 1 heterocycles. The number of unbranched alkanes of at least 4 members (excludes halogenated alkanes) is 22. The number of hydrogen-bond acceptors (Lipinski definition) is 9. The lowest BCUT2D eigenvalue weighted by Crippen LogP contribution is -2.61. The second kappa shape index (κ2) is 36.6. The summed E-state index contributed by atoms with van der Waals surface area (Å²) < 4.78 is 44.5. The highest BCUT2D eigenvalue weighted by molar-refractivity contribution is 5.75. The van der Waals surface area contributed by atoms with Crippen LogP contribution < -0.4 is 0 Å². The lowest BCUT2D eigenvalue weighted by Gasteiger charge is -2.44. The summed E-state index contributed by atoms with van der Waals surface area (Å²) in [5.41, 5.74) is 1.19. The first-order valence-corrected chi connectivity index (χ1v) is 26.4. The van der Waals surface area contributed by atoms with E-state index in [0.29, 0.717) is 19.8 Å². The topological polar surface area (TPSA) is 102 Å². The maximum atomic E-state index is 13.0. The fourth-order valence-corrected chi connectivity index (χ4v) is 8.25. The molecule has 3 rings (SSSR count). The Hall–Kier alpha value is -2.37. The van der Waals surface area contributed by atoms with Gasteiger partial charge >= 0.3 is 5.97 Å². The van der Waals surface area contributed by atoms with E-state index < -0.39 is 36.1 Å². The van der Waals surface area contributed by atoms with Crippen LogP contribution in [0.2, 0.25) is 0 Å². The minimum absolute atomic E-state index is 0.112. The maximum Gasteiger partial charge on any atom is 0.311 e. The number of esters is 1. The molecule has 1 fully saturated rings. The first-order valence-electron chi connectivity index (χ1n) is 26.4. The smallest absolute Gasteiger partial charge is 0.311 e. The summed E-state index contributed by atoms with van der Waals surface area (Å²) in [6.07, 6.45) is 26.0. The van der Waals surface area contributed by atoms with Gasteiger partial charge in [0.1, 0.15) is 37.1 Å². The van der Waals surface area contributed by atoms with Gasteiger partial charge in [-0.1, -0.05) is 216 Å². The molecule has 1 N–H and O–H groups in total. The predicted octanol–water partition coefficient (Wildman–Crippen LogP) is 13.7. The summed E-state index contributed by atoms with van der Waals surface area (Å²) in [5.74, 6) is -0.367. The van der Waals surface area contributed by atoms with Crippen molar-refractivity contribution in [2.45, 2.75) is 239 Å². The third-order valence-corrected chi connectivity index (χ3v) is 12.4. The Balaban J connectivity index is 1.61. The van der Waals surface area contributed by atoms with E-state index in [-0.39, 0.29) is 38.5 Å². The Morgan fingerprint density at radius 2 is 1.00 bits per heavy atom. The number of carbonyl (C=O) groups excluding carboxylic acids is 1. The van der Waals surface area contributed by atoms with Crippen molar-refractivity contribution in [2.24, 2.45) is 5.41 Å². The van der Waals surface area contributed by atoms with Crippen LogP contribution >= 0.6 is 0 Å². The molecule has 9 nitrogen and oxygen atoms in total. The molecule has 2 aromatic carbocycles. The lowest BCUT2D eigenvalue weighted by molar-refractivity contribution is -0.323. The normalized spacial score (nSPS) is 19.4. The van der Waals surface area contributed by atoms with Crippen LogP contribution in [-0.4, -0.2) is 80.9 Å². The average molecular weight is 911 g/mol. The van der Waals surface area contributed by atoms with Crippen molar-refractivity contribution in [1.82, 2.24) is 0 Å². The van der Waals surface area contributed by atoms with Gasteiger partial charge in [0, 0.05) is 13.2 Å². The molecule has 1 aliphatic rings. The van der Waals surface area contributed by atoms with Gasteiger partial charge in [0.15, 0.2) is 6.29 Å². The van der Waals surface area contributed by atoms with Crippen LogP contribution in [0.15, 0.2) is 60.7 Å². The SMILES string of the molecule is CCCCCCCCCCCCCCOC[C@@H](CO[C@@H]1O[C@H](COC(=O)C(C)(C)C)[C@H](OCc2ccccc2)[C@H](O)[C@H]1OCc1ccccc1)OCCCCCCCCCCCCCC. The highest BCUT2D eigenvalue weighted by atomic mass is 16.7. The molecule has 0 spiro atoms. The maximum absolute atomic E-state index is 13.0. The van der Waals surface area contributed by atoms with Crippen LogP contribution in [0.5, 0.6) is 0 Å². The van der Waals surface area contributed by atoms with Crippen molar-refractivity contribution in [3.8, 4) is 0 Å². The molecule has 0 unspecified atom stereocenters. The van der Waals surface area contributed by atoms with Crippen molar-refractivity contribution >= 4 is 5.97 Å². The minimum atomic E-state index is -1.15. The zero-order valence-corrected chi connectivity index (χ0v) is 41.9. The molecule has 2 aromatic rings. The van der Waals surface area contributed by atoms with Crippen molar-refractivity contribution < 1.29 is 43.1 Å². The quantitative estimate of drug-likeness (QED) is 0.0517. The molecule has 0 radical (unpaired) electrons. The number of hydrogen-bond donors (Lipinski definition) is 1. The van der Waals surface area contributed by atoms with E-state index in [0.717, 1.165) is 30.4 Å². The minimum Gasteiger partial charge on any atom is -0.462 e. The van der Waals surface area contributed by atoms with Crippen LogP contribution in [0.1, 0.15) is 200 Å². The molecular weight excluding hydrogens is 817 g/mol. The van der Waals surface area contributed by atoms with Gasteiger partial charge in [-0.05, 0) is 44.7 Å². The van der Waals surface area contributed by atoms with Gasteiger partial charge in [-0.3, -0.25) is 4.79 Å². The van der Waals surface area contributed by atoms with Crippen molar-refractivity contribution in [3.05, 3.63) is 71.8 Å². The zero-order valence-electron chi connectivity index (χ0n) is 41.9.